The Hall–Kier alpha value is -1.65. The maximum absolute atomic E-state index is 11.5. The minimum Gasteiger partial charge on any atom is -0.488 e. The highest BCUT2D eigenvalue weighted by molar-refractivity contribution is 7.80. The van der Waals surface area contributed by atoms with Gasteiger partial charge in [-0.3, -0.25) is 0 Å². The van der Waals surface area contributed by atoms with E-state index < -0.39 is 5.97 Å². The van der Waals surface area contributed by atoms with Crippen LogP contribution < -0.4 is 4.74 Å². The molecule has 2 aromatic rings. The van der Waals surface area contributed by atoms with Gasteiger partial charge in [-0.1, -0.05) is 35.9 Å². The van der Waals surface area contributed by atoms with E-state index in [0.717, 1.165) is 11.1 Å². The fourth-order valence-electron chi connectivity index (χ4n) is 2.06. The molecule has 0 spiro atoms. The van der Waals surface area contributed by atoms with Crippen molar-refractivity contribution in [3.8, 4) is 5.75 Å². The minimum absolute atomic E-state index is 0.202. The third-order valence-corrected chi connectivity index (χ3v) is 3.45. The Kier molecular flexibility index (Phi) is 5.53. The predicted octanol–water partition coefficient (Wildman–Crippen LogP) is 4.09. The Morgan fingerprint density at radius 1 is 1.24 bits per heavy atom. The molecule has 110 valence electrons. The summed E-state index contributed by atoms with van der Waals surface area (Å²) in [5, 5.41) is 10.0. The monoisotopic (exact) mass is 322 g/mol. The Labute approximate surface area is 133 Å². The lowest BCUT2D eigenvalue weighted by atomic mass is 10.0. The standard InChI is InChI=1S/C16H15ClO3S/c17-13-5-1-3-11(9-13)10-20-14-6-2-4-12(7-8-21)15(14)16(18)19/h1-6,9,21H,7-8,10H2,(H,18,19). The van der Waals surface area contributed by atoms with E-state index in [1.165, 1.54) is 0 Å². The molecule has 3 nitrogen and oxygen atoms in total. The fourth-order valence-corrected chi connectivity index (χ4v) is 2.51. The quantitative estimate of drug-likeness (QED) is 0.787. The number of aryl methyl sites for hydroxylation is 1. The first-order valence-corrected chi connectivity index (χ1v) is 7.46. The third-order valence-electron chi connectivity index (χ3n) is 2.99. The van der Waals surface area contributed by atoms with E-state index in [1.807, 2.05) is 12.1 Å². The Bertz CT molecular complexity index is 643. The van der Waals surface area contributed by atoms with Crippen LogP contribution in [0.5, 0.6) is 5.75 Å². The normalized spacial score (nSPS) is 10.4. The van der Waals surface area contributed by atoms with E-state index in [9.17, 15) is 9.90 Å². The number of hydrogen-bond donors (Lipinski definition) is 2. The first-order chi connectivity index (χ1) is 10.1. The average Bonchev–Trinajstić information content (AvgIpc) is 2.45. The summed E-state index contributed by atoms with van der Waals surface area (Å²) in [7, 11) is 0. The molecule has 5 heteroatoms. The number of aromatic carboxylic acids is 1. The number of thiol groups is 1. The van der Waals surface area contributed by atoms with Crippen molar-refractivity contribution in [2.45, 2.75) is 13.0 Å². The van der Waals surface area contributed by atoms with Crippen LogP contribution in [0.4, 0.5) is 0 Å². The molecular weight excluding hydrogens is 308 g/mol. The molecule has 0 amide bonds. The van der Waals surface area contributed by atoms with Crippen LogP contribution in [0.1, 0.15) is 21.5 Å². The lowest BCUT2D eigenvalue weighted by molar-refractivity contribution is 0.0690. The molecule has 0 radical (unpaired) electrons. The van der Waals surface area contributed by atoms with E-state index in [1.54, 1.807) is 30.3 Å². The fraction of sp³-hybridized carbons (Fsp3) is 0.188. The van der Waals surface area contributed by atoms with Crippen LogP contribution in [0, 0.1) is 0 Å². The van der Waals surface area contributed by atoms with Crippen LogP contribution in [0.2, 0.25) is 5.02 Å². The van der Waals surface area contributed by atoms with Gasteiger partial charge < -0.3 is 9.84 Å². The second-order valence-electron chi connectivity index (χ2n) is 4.49. The zero-order valence-electron chi connectivity index (χ0n) is 11.3. The SMILES string of the molecule is O=C(O)c1c(CCS)cccc1OCc1cccc(Cl)c1. The van der Waals surface area contributed by atoms with Crippen molar-refractivity contribution >= 4 is 30.2 Å². The summed E-state index contributed by atoms with van der Waals surface area (Å²) in [6.07, 6.45) is 0.582. The molecule has 0 aliphatic rings. The topological polar surface area (TPSA) is 46.5 Å². The lowest BCUT2D eigenvalue weighted by Crippen LogP contribution is -2.07. The van der Waals surface area contributed by atoms with Crippen molar-refractivity contribution in [2.75, 3.05) is 5.75 Å². The molecule has 0 saturated carbocycles. The number of carbonyl (C=O) groups is 1. The molecule has 0 bridgehead atoms. The van der Waals surface area contributed by atoms with Gasteiger partial charge in [0.2, 0.25) is 0 Å². The van der Waals surface area contributed by atoms with Gasteiger partial charge in [0.05, 0.1) is 0 Å². The summed E-state index contributed by atoms with van der Waals surface area (Å²) in [4.78, 5) is 11.5. The second kappa shape index (κ2) is 7.38. The molecule has 2 rings (SSSR count). The number of carboxylic acids is 1. The number of benzene rings is 2. The van der Waals surface area contributed by atoms with E-state index >= 15 is 0 Å². The van der Waals surface area contributed by atoms with Crippen molar-refractivity contribution in [2.24, 2.45) is 0 Å². The zero-order chi connectivity index (χ0) is 15.2. The van der Waals surface area contributed by atoms with Crippen LogP contribution in [0.3, 0.4) is 0 Å². The molecule has 0 aromatic heterocycles. The summed E-state index contributed by atoms with van der Waals surface area (Å²) in [5.74, 6) is -0.0480. The van der Waals surface area contributed by atoms with E-state index in [4.69, 9.17) is 16.3 Å². The van der Waals surface area contributed by atoms with Crippen molar-refractivity contribution in [3.05, 3.63) is 64.2 Å². The van der Waals surface area contributed by atoms with Crippen LogP contribution >= 0.6 is 24.2 Å². The minimum atomic E-state index is -0.992. The highest BCUT2D eigenvalue weighted by Crippen LogP contribution is 2.24. The maximum Gasteiger partial charge on any atom is 0.339 e. The first-order valence-electron chi connectivity index (χ1n) is 6.45. The summed E-state index contributed by atoms with van der Waals surface area (Å²) in [5.41, 5.74) is 1.81. The van der Waals surface area contributed by atoms with Gasteiger partial charge in [-0.15, -0.1) is 0 Å². The zero-order valence-corrected chi connectivity index (χ0v) is 12.9. The van der Waals surface area contributed by atoms with Gasteiger partial charge in [0.15, 0.2) is 0 Å². The molecule has 0 fully saturated rings. The number of hydrogen-bond acceptors (Lipinski definition) is 3. The summed E-state index contributed by atoms with van der Waals surface area (Å²) in [6, 6.07) is 12.5. The van der Waals surface area contributed by atoms with Crippen LogP contribution in [-0.2, 0) is 13.0 Å². The van der Waals surface area contributed by atoms with Crippen molar-refractivity contribution < 1.29 is 14.6 Å². The number of carboxylic acid groups (broad SMARTS) is 1. The first kappa shape index (κ1) is 15.7. The molecular formula is C16H15ClO3S. The highest BCUT2D eigenvalue weighted by atomic mass is 35.5. The van der Waals surface area contributed by atoms with Gasteiger partial charge in [-0.2, -0.15) is 12.6 Å². The average molecular weight is 323 g/mol. The molecule has 0 aliphatic heterocycles. The molecule has 0 heterocycles. The van der Waals surface area contributed by atoms with Crippen LogP contribution in [-0.4, -0.2) is 16.8 Å². The molecule has 21 heavy (non-hydrogen) atoms. The Morgan fingerprint density at radius 2 is 2.00 bits per heavy atom. The summed E-state index contributed by atoms with van der Waals surface area (Å²) >= 11 is 10.1. The van der Waals surface area contributed by atoms with Gasteiger partial charge in [0.1, 0.15) is 17.9 Å². The lowest BCUT2D eigenvalue weighted by Gasteiger charge is -2.12. The van der Waals surface area contributed by atoms with Gasteiger partial charge in [0, 0.05) is 5.02 Å². The number of ether oxygens (including phenoxy) is 1. The van der Waals surface area contributed by atoms with Crippen molar-refractivity contribution in [1.29, 1.82) is 0 Å². The van der Waals surface area contributed by atoms with Gasteiger partial charge in [-0.25, -0.2) is 4.79 Å². The van der Waals surface area contributed by atoms with Crippen molar-refractivity contribution in [3.63, 3.8) is 0 Å². The van der Waals surface area contributed by atoms with Crippen LogP contribution in [0.15, 0.2) is 42.5 Å². The van der Waals surface area contributed by atoms with E-state index in [-0.39, 0.29) is 12.2 Å². The molecule has 0 saturated heterocycles. The smallest absolute Gasteiger partial charge is 0.339 e. The summed E-state index contributed by atoms with van der Waals surface area (Å²) < 4.78 is 5.66. The second-order valence-corrected chi connectivity index (χ2v) is 5.37. The molecule has 1 N–H and O–H groups in total. The molecule has 0 aliphatic carbocycles. The number of rotatable bonds is 6. The van der Waals surface area contributed by atoms with Crippen molar-refractivity contribution in [1.82, 2.24) is 0 Å². The predicted molar refractivity (Wildman–Crippen MR) is 86.7 cm³/mol. The van der Waals surface area contributed by atoms with E-state index in [2.05, 4.69) is 12.6 Å². The highest BCUT2D eigenvalue weighted by Gasteiger charge is 2.16. The van der Waals surface area contributed by atoms with Crippen LogP contribution in [0.25, 0.3) is 0 Å². The van der Waals surface area contributed by atoms with Gasteiger partial charge >= 0.3 is 5.97 Å². The van der Waals surface area contributed by atoms with Gasteiger partial charge in [0.25, 0.3) is 0 Å². The summed E-state index contributed by atoms with van der Waals surface area (Å²) in [6.45, 7) is 0.269. The largest absolute Gasteiger partial charge is 0.488 e. The Morgan fingerprint density at radius 3 is 2.67 bits per heavy atom. The molecule has 0 atom stereocenters. The maximum atomic E-state index is 11.5. The van der Waals surface area contributed by atoms with E-state index in [0.29, 0.717) is 22.9 Å². The molecule has 2 aromatic carbocycles. The number of halogens is 1. The third kappa shape index (κ3) is 4.16. The van der Waals surface area contributed by atoms with Gasteiger partial charge in [-0.05, 0) is 41.5 Å². The Balaban J connectivity index is 2.23. The molecule has 0 unspecified atom stereocenters.